The molecule has 72 valence electrons. The Balaban J connectivity index is 2.11. The van der Waals surface area contributed by atoms with Crippen LogP contribution in [-0.4, -0.2) is 19.6 Å². The minimum atomic E-state index is 0.509. The molecule has 2 heterocycles. The maximum absolute atomic E-state index is 4.21. The van der Waals surface area contributed by atoms with E-state index in [0.717, 1.165) is 11.7 Å². The molecule has 2 aromatic rings. The van der Waals surface area contributed by atoms with Crippen LogP contribution in [0.25, 0.3) is 5.78 Å². The fourth-order valence-corrected chi connectivity index (χ4v) is 1.88. The molecule has 0 N–H and O–H groups in total. The molecule has 1 aliphatic carbocycles. The molecule has 4 nitrogen and oxygen atoms in total. The zero-order valence-electron chi connectivity index (χ0n) is 8.09. The topological polar surface area (TPSA) is 43.1 Å². The summed E-state index contributed by atoms with van der Waals surface area (Å²) in [6.45, 7) is 2.22. The van der Waals surface area contributed by atoms with E-state index < -0.39 is 0 Å². The fourth-order valence-electron chi connectivity index (χ4n) is 1.88. The first kappa shape index (κ1) is 7.91. The van der Waals surface area contributed by atoms with Crippen molar-refractivity contribution in [3.8, 4) is 0 Å². The molecule has 1 fully saturated rings. The molecule has 1 saturated carbocycles. The van der Waals surface area contributed by atoms with Gasteiger partial charge in [-0.3, -0.25) is 4.40 Å². The molecule has 1 aliphatic rings. The Labute approximate surface area is 82.0 Å². The molecular weight excluding hydrogens is 176 g/mol. The summed E-state index contributed by atoms with van der Waals surface area (Å²) < 4.78 is 1.99. The van der Waals surface area contributed by atoms with Gasteiger partial charge in [-0.2, -0.15) is 0 Å². The van der Waals surface area contributed by atoms with Crippen LogP contribution in [0.1, 0.15) is 31.5 Å². The summed E-state index contributed by atoms with van der Waals surface area (Å²) in [7, 11) is 0. The summed E-state index contributed by atoms with van der Waals surface area (Å²) in [6, 6.07) is 1.92. The van der Waals surface area contributed by atoms with Crippen LogP contribution >= 0.6 is 0 Å². The van der Waals surface area contributed by atoms with Crippen LogP contribution in [0.3, 0.4) is 0 Å². The van der Waals surface area contributed by atoms with Gasteiger partial charge in [0.2, 0.25) is 0 Å². The van der Waals surface area contributed by atoms with E-state index in [9.17, 15) is 0 Å². The smallest absolute Gasteiger partial charge is 0.254 e. The third kappa shape index (κ3) is 1.10. The summed E-state index contributed by atoms with van der Waals surface area (Å²) in [5.74, 6) is 3.07. The van der Waals surface area contributed by atoms with Crippen molar-refractivity contribution in [3.63, 3.8) is 0 Å². The zero-order valence-corrected chi connectivity index (χ0v) is 8.09. The normalized spacial score (nSPS) is 18.6. The van der Waals surface area contributed by atoms with Crippen LogP contribution in [0.4, 0.5) is 0 Å². The van der Waals surface area contributed by atoms with Crippen molar-refractivity contribution in [2.24, 2.45) is 5.92 Å². The average molecular weight is 188 g/mol. The molecule has 0 saturated heterocycles. The van der Waals surface area contributed by atoms with Gasteiger partial charge in [0.15, 0.2) is 0 Å². The molecule has 4 heteroatoms. The number of nitrogens with zero attached hydrogens (tertiary/aromatic N) is 4. The highest BCUT2D eigenvalue weighted by atomic mass is 15.3. The summed E-state index contributed by atoms with van der Waals surface area (Å²) in [5, 5.41) is 8.26. The van der Waals surface area contributed by atoms with Crippen molar-refractivity contribution >= 4 is 5.78 Å². The molecular formula is C10H12N4. The van der Waals surface area contributed by atoms with Crippen molar-refractivity contribution in [2.75, 3.05) is 0 Å². The molecule has 0 bridgehead atoms. The molecule has 0 aromatic carbocycles. The maximum Gasteiger partial charge on any atom is 0.254 e. The summed E-state index contributed by atoms with van der Waals surface area (Å²) in [4.78, 5) is 4.15. The van der Waals surface area contributed by atoms with Gasteiger partial charge in [0.25, 0.3) is 5.78 Å². The van der Waals surface area contributed by atoms with Crippen LogP contribution in [0.2, 0.25) is 0 Å². The van der Waals surface area contributed by atoms with Gasteiger partial charge < -0.3 is 0 Å². The van der Waals surface area contributed by atoms with Crippen molar-refractivity contribution in [2.45, 2.75) is 25.7 Å². The lowest BCUT2D eigenvalue weighted by atomic mass is 10.1. The second-order valence-corrected chi connectivity index (χ2v) is 3.97. The highest BCUT2D eigenvalue weighted by molar-refractivity contribution is 5.27. The van der Waals surface area contributed by atoms with Crippen LogP contribution in [0, 0.1) is 5.92 Å². The van der Waals surface area contributed by atoms with E-state index >= 15 is 0 Å². The molecule has 14 heavy (non-hydrogen) atoms. The van der Waals surface area contributed by atoms with Gasteiger partial charge in [-0.25, -0.2) is 4.98 Å². The van der Waals surface area contributed by atoms with Crippen LogP contribution in [0.5, 0.6) is 0 Å². The molecule has 0 aliphatic heterocycles. The lowest BCUT2D eigenvalue weighted by Gasteiger charge is -2.06. The first-order valence-electron chi connectivity index (χ1n) is 5.02. The lowest BCUT2D eigenvalue weighted by Crippen LogP contribution is -2.02. The standard InChI is InChI=1S/C10H12N4/c1-7(8-3-4-8)9-12-13-10-11-5-2-6-14(9)10/h2,5-8H,3-4H2,1H3. The predicted molar refractivity (Wildman–Crippen MR) is 51.9 cm³/mol. The first-order valence-corrected chi connectivity index (χ1v) is 5.02. The number of hydrogen-bond donors (Lipinski definition) is 0. The predicted octanol–water partition coefficient (Wildman–Crippen LogP) is 1.64. The Kier molecular flexibility index (Phi) is 1.56. The van der Waals surface area contributed by atoms with Crippen molar-refractivity contribution in [1.82, 2.24) is 19.6 Å². The van der Waals surface area contributed by atoms with Crippen molar-refractivity contribution in [3.05, 3.63) is 24.3 Å². The van der Waals surface area contributed by atoms with Gasteiger partial charge in [-0.15, -0.1) is 10.2 Å². The van der Waals surface area contributed by atoms with Gasteiger partial charge in [0.05, 0.1) is 0 Å². The Morgan fingerprint density at radius 2 is 2.29 bits per heavy atom. The summed E-state index contributed by atoms with van der Waals surface area (Å²) >= 11 is 0. The molecule has 1 atom stereocenters. The highest BCUT2D eigenvalue weighted by Gasteiger charge is 2.31. The second-order valence-electron chi connectivity index (χ2n) is 3.97. The number of hydrogen-bond acceptors (Lipinski definition) is 3. The van der Waals surface area contributed by atoms with E-state index in [1.165, 1.54) is 12.8 Å². The molecule has 0 spiro atoms. The number of fused-ring (bicyclic) bond motifs is 1. The van der Waals surface area contributed by atoms with E-state index in [0.29, 0.717) is 11.7 Å². The molecule has 1 unspecified atom stereocenters. The molecule has 0 radical (unpaired) electrons. The molecule has 3 rings (SSSR count). The van der Waals surface area contributed by atoms with Gasteiger partial charge in [-0.1, -0.05) is 6.92 Å². The summed E-state index contributed by atoms with van der Waals surface area (Å²) in [5.41, 5.74) is 0. The lowest BCUT2D eigenvalue weighted by molar-refractivity contribution is 0.613. The number of aromatic nitrogens is 4. The van der Waals surface area contributed by atoms with Crippen molar-refractivity contribution < 1.29 is 0 Å². The van der Waals surface area contributed by atoms with E-state index in [4.69, 9.17) is 0 Å². The van der Waals surface area contributed by atoms with E-state index in [1.54, 1.807) is 6.20 Å². The largest absolute Gasteiger partial charge is 0.270 e. The average Bonchev–Trinajstić information content (AvgIpc) is 2.97. The SMILES string of the molecule is CC(c1nnc2ncccn12)C1CC1. The van der Waals surface area contributed by atoms with Crippen LogP contribution < -0.4 is 0 Å². The Morgan fingerprint density at radius 1 is 1.43 bits per heavy atom. The third-order valence-electron chi connectivity index (χ3n) is 2.95. The monoisotopic (exact) mass is 188 g/mol. The van der Waals surface area contributed by atoms with E-state index in [2.05, 4.69) is 22.1 Å². The Morgan fingerprint density at radius 3 is 3.07 bits per heavy atom. The summed E-state index contributed by atoms with van der Waals surface area (Å²) in [6.07, 6.45) is 6.39. The highest BCUT2D eigenvalue weighted by Crippen LogP contribution is 2.41. The Bertz CT molecular complexity index is 458. The number of rotatable bonds is 2. The van der Waals surface area contributed by atoms with Crippen LogP contribution in [-0.2, 0) is 0 Å². The van der Waals surface area contributed by atoms with E-state index in [-0.39, 0.29) is 0 Å². The van der Waals surface area contributed by atoms with Gasteiger partial charge in [0, 0.05) is 18.3 Å². The first-order chi connectivity index (χ1) is 6.86. The molecule has 0 amide bonds. The second kappa shape index (κ2) is 2.77. The van der Waals surface area contributed by atoms with Gasteiger partial charge in [-0.05, 0) is 24.8 Å². The van der Waals surface area contributed by atoms with Crippen LogP contribution in [0.15, 0.2) is 18.5 Å². The minimum Gasteiger partial charge on any atom is -0.270 e. The Hall–Kier alpha value is -1.45. The quantitative estimate of drug-likeness (QED) is 0.719. The fraction of sp³-hybridized carbons (Fsp3) is 0.500. The van der Waals surface area contributed by atoms with Crippen molar-refractivity contribution in [1.29, 1.82) is 0 Å². The third-order valence-corrected chi connectivity index (χ3v) is 2.95. The van der Waals surface area contributed by atoms with Gasteiger partial charge in [0.1, 0.15) is 5.82 Å². The maximum atomic E-state index is 4.21. The molecule has 2 aromatic heterocycles. The minimum absolute atomic E-state index is 0.509. The van der Waals surface area contributed by atoms with E-state index in [1.807, 2.05) is 16.7 Å². The zero-order chi connectivity index (χ0) is 9.54. The van der Waals surface area contributed by atoms with Gasteiger partial charge >= 0.3 is 0 Å².